The van der Waals surface area contributed by atoms with E-state index in [0.29, 0.717) is 17.3 Å². The number of nitrogens with zero attached hydrogens (tertiary/aromatic N) is 1. The first-order valence-electron chi connectivity index (χ1n) is 8.90. The summed E-state index contributed by atoms with van der Waals surface area (Å²) in [5.41, 5.74) is -0.897. The molecule has 2 rings (SSSR count). The molecule has 2 aliphatic carbocycles. The first kappa shape index (κ1) is 16.8. The van der Waals surface area contributed by atoms with Crippen LogP contribution in [0.3, 0.4) is 0 Å². The van der Waals surface area contributed by atoms with Crippen LogP contribution in [0.15, 0.2) is 0 Å². The van der Waals surface area contributed by atoms with E-state index in [1.54, 1.807) is 0 Å². The van der Waals surface area contributed by atoms with E-state index in [0.717, 1.165) is 51.4 Å². The number of aliphatic hydroxyl groups is 1. The maximum Gasteiger partial charge on any atom is 0.0862 e. The molecule has 0 aromatic heterocycles. The van der Waals surface area contributed by atoms with Crippen LogP contribution in [0.2, 0.25) is 0 Å². The molecule has 0 bridgehead atoms. The second kappa shape index (κ2) is 5.92. The molecule has 0 aromatic rings. The smallest absolute Gasteiger partial charge is 0.0862 e. The summed E-state index contributed by atoms with van der Waals surface area (Å²) in [4.78, 5) is 0. The quantitative estimate of drug-likeness (QED) is 0.772. The van der Waals surface area contributed by atoms with E-state index in [-0.39, 0.29) is 0 Å². The van der Waals surface area contributed by atoms with Gasteiger partial charge in [0.15, 0.2) is 0 Å². The molecule has 0 saturated heterocycles. The third-order valence-electron chi connectivity index (χ3n) is 6.57. The second-order valence-corrected chi connectivity index (χ2v) is 8.74. The van der Waals surface area contributed by atoms with E-state index >= 15 is 0 Å². The standard InChI is InChI=1S/C19H33NO/c1-5-15-7-6-10-18(13-15,14-20)19(21)11-8-16(9-12-19)17(2,3)4/h15-16,21H,5-13H2,1-4H3. The molecule has 2 heteroatoms. The first-order chi connectivity index (χ1) is 9.76. The summed E-state index contributed by atoms with van der Waals surface area (Å²) in [7, 11) is 0. The van der Waals surface area contributed by atoms with E-state index < -0.39 is 11.0 Å². The van der Waals surface area contributed by atoms with Crippen molar-refractivity contribution in [3.63, 3.8) is 0 Å². The van der Waals surface area contributed by atoms with Gasteiger partial charge in [0.2, 0.25) is 0 Å². The van der Waals surface area contributed by atoms with E-state index in [1.807, 2.05) is 0 Å². The Balaban J connectivity index is 2.14. The summed E-state index contributed by atoms with van der Waals surface area (Å²) < 4.78 is 0. The molecule has 21 heavy (non-hydrogen) atoms. The van der Waals surface area contributed by atoms with Crippen LogP contribution >= 0.6 is 0 Å². The van der Waals surface area contributed by atoms with Crippen LogP contribution in [0.25, 0.3) is 0 Å². The highest BCUT2D eigenvalue weighted by atomic mass is 16.3. The lowest BCUT2D eigenvalue weighted by atomic mass is 9.55. The fourth-order valence-corrected chi connectivity index (χ4v) is 4.81. The van der Waals surface area contributed by atoms with Gasteiger partial charge in [0.25, 0.3) is 0 Å². The van der Waals surface area contributed by atoms with Crippen LogP contribution in [0.1, 0.15) is 85.5 Å². The van der Waals surface area contributed by atoms with E-state index in [9.17, 15) is 10.4 Å². The van der Waals surface area contributed by atoms with Crippen molar-refractivity contribution in [2.45, 2.75) is 91.1 Å². The van der Waals surface area contributed by atoms with Crippen molar-refractivity contribution in [3.8, 4) is 6.07 Å². The fraction of sp³-hybridized carbons (Fsp3) is 0.947. The normalized spacial score (nSPS) is 41.5. The van der Waals surface area contributed by atoms with Crippen LogP contribution in [0.5, 0.6) is 0 Å². The van der Waals surface area contributed by atoms with Gasteiger partial charge in [-0.3, -0.25) is 0 Å². The molecule has 0 amide bonds. The molecule has 120 valence electrons. The monoisotopic (exact) mass is 291 g/mol. The molecule has 1 N–H and O–H groups in total. The maximum absolute atomic E-state index is 11.3. The molecule has 0 aliphatic heterocycles. The minimum Gasteiger partial charge on any atom is -0.388 e. The Morgan fingerprint density at radius 3 is 2.24 bits per heavy atom. The van der Waals surface area contributed by atoms with Crippen molar-refractivity contribution in [1.29, 1.82) is 5.26 Å². The van der Waals surface area contributed by atoms with Gasteiger partial charge >= 0.3 is 0 Å². The maximum atomic E-state index is 11.3. The van der Waals surface area contributed by atoms with Crippen LogP contribution < -0.4 is 0 Å². The summed E-state index contributed by atoms with van der Waals surface area (Å²) >= 11 is 0. The van der Waals surface area contributed by atoms with Crippen molar-refractivity contribution >= 4 is 0 Å². The molecular formula is C19H33NO. The SMILES string of the molecule is CCC1CCCC(C#N)(C2(O)CCC(C(C)(C)C)CC2)C1. The Kier molecular flexibility index (Phi) is 4.74. The van der Waals surface area contributed by atoms with Gasteiger partial charge in [0, 0.05) is 0 Å². The summed E-state index contributed by atoms with van der Waals surface area (Å²) in [6.07, 6.45) is 9.08. The van der Waals surface area contributed by atoms with Crippen LogP contribution in [-0.4, -0.2) is 10.7 Å². The van der Waals surface area contributed by atoms with Gasteiger partial charge in [-0.25, -0.2) is 0 Å². The Morgan fingerprint density at radius 1 is 1.14 bits per heavy atom. The Hall–Kier alpha value is -0.550. The van der Waals surface area contributed by atoms with Crippen molar-refractivity contribution in [3.05, 3.63) is 0 Å². The third-order valence-corrected chi connectivity index (χ3v) is 6.57. The molecule has 2 unspecified atom stereocenters. The highest BCUT2D eigenvalue weighted by Crippen LogP contribution is 2.54. The topological polar surface area (TPSA) is 44.0 Å². The molecule has 0 aromatic carbocycles. The van der Waals surface area contributed by atoms with Gasteiger partial charge in [0.05, 0.1) is 17.1 Å². The van der Waals surface area contributed by atoms with Gasteiger partial charge in [-0.05, 0) is 55.8 Å². The average Bonchev–Trinajstić information content (AvgIpc) is 2.46. The predicted octanol–water partition coefficient (Wildman–Crippen LogP) is 5.06. The molecule has 2 atom stereocenters. The largest absolute Gasteiger partial charge is 0.388 e. The lowest BCUT2D eigenvalue weighted by molar-refractivity contribution is -0.119. The molecule has 2 nitrogen and oxygen atoms in total. The summed E-state index contributed by atoms with van der Waals surface area (Å²) in [6.45, 7) is 9.13. The van der Waals surface area contributed by atoms with E-state index in [4.69, 9.17) is 0 Å². The lowest BCUT2D eigenvalue weighted by Gasteiger charge is -2.51. The number of hydrogen-bond acceptors (Lipinski definition) is 2. The molecule has 2 aliphatic rings. The van der Waals surface area contributed by atoms with Crippen LogP contribution in [0, 0.1) is 34.0 Å². The molecular weight excluding hydrogens is 258 g/mol. The van der Waals surface area contributed by atoms with Crippen LogP contribution in [-0.2, 0) is 0 Å². The third kappa shape index (κ3) is 3.14. The second-order valence-electron chi connectivity index (χ2n) is 8.74. The van der Waals surface area contributed by atoms with Gasteiger partial charge in [0.1, 0.15) is 0 Å². The van der Waals surface area contributed by atoms with Crippen molar-refractivity contribution in [2.24, 2.45) is 22.7 Å². The summed E-state index contributed by atoms with van der Waals surface area (Å²) in [5.74, 6) is 1.31. The molecule has 0 spiro atoms. The number of nitriles is 1. The minimum absolute atomic E-state index is 0.319. The van der Waals surface area contributed by atoms with Crippen molar-refractivity contribution in [1.82, 2.24) is 0 Å². The fourth-order valence-electron chi connectivity index (χ4n) is 4.81. The van der Waals surface area contributed by atoms with E-state index in [2.05, 4.69) is 33.8 Å². The van der Waals surface area contributed by atoms with Gasteiger partial charge in [-0.15, -0.1) is 0 Å². The van der Waals surface area contributed by atoms with E-state index in [1.165, 1.54) is 6.42 Å². The Bertz CT molecular complexity index is 395. The Labute approximate surface area is 130 Å². The highest BCUT2D eigenvalue weighted by molar-refractivity contribution is 5.14. The van der Waals surface area contributed by atoms with Crippen molar-refractivity contribution in [2.75, 3.05) is 0 Å². The predicted molar refractivity (Wildman–Crippen MR) is 86.7 cm³/mol. The molecule has 2 fully saturated rings. The van der Waals surface area contributed by atoms with Crippen LogP contribution in [0.4, 0.5) is 0 Å². The molecule has 0 heterocycles. The zero-order valence-corrected chi connectivity index (χ0v) is 14.4. The summed E-state index contributed by atoms with van der Waals surface area (Å²) in [5, 5.41) is 21.2. The zero-order chi connectivity index (χ0) is 15.7. The van der Waals surface area contributed by atoms with Gasteiger partial charge < -0.3 is 5.11 Å². The van der Waals surface area contributed by atoms with Gasteiger partial charge in [-0.1, -0.05) is 47.0 Å². The van der Waals surface area contributed by atoms with Gasteiger partial charge in [-0.2, -0.15) is 5.26 Å². The molecule has 0 radical (unpaired) electrons. The number of hydrogen-bond donors (Lipinski definition) is 1. The highest BCUT2D eigenvalue weighted by Gasteiger charge is 2.54. The zero-order valence-electron chi connectivity index (χ0n) is 14.4. The summed E-state index contributed by atoms with van der Waals surface area (Å²) in [6, 6.07) is 2.60. The Morgan fingerprint density at radius 2 is 1.76 bits per heavy atom. The minimum atomic E-state index is -0.739. The van der Waals surface area contributed by atoms with Crippen molar-refractivity contribution < 1.29 is 5.11 Å². The number of rotatable bonds is 2. The average molecular weight is 291 g/mol. The lowest BCUT2D eigenvalue weighted by Crippen LogP contribution is -2.52. The molecule has 2 saturated carbocycles. The first-order valence-corrected chi connectivity index (χ1v) is 8.90.